The Morgan fingerprint density at radius 1 is 0.614 bits per heavy atom. The normalized spacial score (nSPS) is 11.0. The van der Waals surface area contributed by atoms with Crippen LogP contribution in [-0.4, -0.2) is 59.4 Å². The number of hydrogen-bond donors (Lipinski definition) is 2. The van der Waals surface area contributed by atoms with Gasteiger partial charge in [-0.15, -0.1) is 0 Å². The van der Waals surface area contributed by atoms with E-state index in [-0.39, 0.29) is 47.9 Å². The molecule has 0 saturated carbocycles. The van der Waals surface area contributed by atoms with Crippen LogP contribution in [0.2, 0.25) is 0 Å². The minimum atomic E-state index is -0.380. The molecule has 0 radical (unpaired) electrons. The number of amides is 2. The van der Waals surface area contributed by atoms with Crippen molar-refractivity contribution in [3.8, 4) is 23.0 Å². The Morgan fingerprint density at radius 2 is 1.00 bits per heavy atom. The van der Waals surface area contributed by atoms with Gasteiger partial charge in [0, 0.05) is 25.2 Å². The molecule has 0 fully saturated rings. The van der Waals surface area contributed by atoms with Crippen LogP contribution in [-0.2, 0) is 22.4 Å². The van der Waals surface area contributed by atoms with Gasteiger partial charge in [-0.25, -0.2) is 10.0 Å². The summed E-state index contributed by atoms with van der Waals surface area (Å²) in [7, 11) is 2.91. The van der Waals surface area contributed by atoms with E-state index in [1.807, 2.05) is 60.7 Å². The van der Waals surface area contributed by atoms with Crippen molar-refractivity contribution in [2.45, 2.75) is 12.8 Å². The van der Waals surface area contributed by atoms with E-state index in [4.69, 9.17) is 9.47 Å². The summed E-state index contributed by atoms with van der Waals surface area (Å²) in [5, 5.41) is 22.8. The monoisotopic (exact) mass is 592 g/mol. The molecule has 0 heterocycles. The van der Waals surface area contributed by atoms with Gasteiger partial charge in [0.15, 0.2) is 23.0 Å². The zero-order valence-electron chi connectivity index (χ0n) is 24.8. The molecule has 44 heavy (non-hydrogen) atoms. The Labute approximate surface area is 257 Å². The van der Waals surface area contributed by atoms with Crippen LogP contribution in [0.15, 0.2) is 109 Å². The van der Waals surface area contributed by atoms with E-state index < -0.39 is 0 Å². The Balaban J connectivity index is 1.66. The molecule has 0 aromatic heterocycles. The van der Waals surface area contributed by atoms with E-state index in [1.165, 1.54) is 48.5 Å². The molecular formula is C36H36N2O6. The number of phenolic OH excluding ortho intramolecular Hbond substituents is 2. The number of rotatable bonds is 12. The average molecular weight is 593 g/mol. The second kappa shape index (κ2) is 15.7. The third kappa shape index (κ3) is 8.75. The second-order valence-corrected chi connectivity index (χ2v) is 9.92. The minimum absolute atomic E-state index is 0.00353. The maximum Gasteiger partial charge on any atom is 0.265 e. The largest absolute Gasteiger partial charge is 0.504 e. The SMILES string of the molecule is COc1cc(/C=C/C(=O)N(CCc2ccccc2)N(CCc2ccccc2)C(=O)/C=C/c2ccc(O)c(OC)c2)ccc1O. The third-order valence-electron chi connectivity index (χ3n) is 6.95. The van der Waals surface area contributed by atoms with Gasteiger partial charge in [-0.2, -0.15) is 0 Å². The molecule has 0 spiro atoms. The standard InChI is InChI=1S/C36H36N2O6/c1-43-33-25-29(13-17-31(33)39)15-19-35(41)37(23-21-27-9-5-3-6-10-27)38(24-22-28-11-7-4-8-12-28)36(42)20-16-30-14-18-32(40)34(26-30)44-2/h3-20,25-26,39-40H,21-24H2,1-2H3/b19-15+,20-16+. The van der Waals surface area contributed by atoms with E-state index in [2.05, 4.69) is 0 Å². The van der Waals surface area contributed by atoms with Crippen molar-refractivity contribution in [3.63, 3.8) is 0 Å². The van der Waals surface area contributed by atoms with Gasteiger partial charge in [-0.05, 0) is 71.5 Å². The smallest absolute Gasteiger partial charge is 0.265 e. The lowest BCUT2D eigenvalue weighted by Gasteiger charge is -2.34. The van der Waals surface area contributed by atoms with Gasteiger partial charge in [0.2, 0.25) is 0 Å². The van der Waals surface area contributed by atoms with Gasteiger partial charge in [0.05, 0.1) is 14.2 Å². The van der Waals surface area contributed by atoms with Gasteiger partial charge < -0.3 is 19.7 Å². The first-order chi connectivity index (χ1) is 21.4. The highest BCUT2D eigenvalue weighted by Crippen LogP contribution is 2.28. The molecule has 2 N–H and O–H groups in total. The molecule has 0 unspecified atom stereocenters. The van der Waals surface area contributed by atoms with Crippen molar-refractivity contribution >= 4 is 24.0 Å². The maximum absolute atomic E-state index is 13.8. The van der Waals surface area contributed by atoms with Crippen molar-refractivity contribution in [2.24, 2.45) is 0 Å². The fourth-order valence-electron chi connectivity index (χ4n) is 4.56. The van der Waals surface area contributed by atoms with Crippen molar-refractivity contribution < 1.29 is 29.3 Å². The van der Waals surface area contributed by atoms with E-state index in [1.54, 1.807) is 36.4 Å². The highest BCUT2D eigenvalue weighted by Gasteiger charge is 2.23. The van der Waals surface area contributed by atoms with Crippen LogP contribution in [0.3, 0.4) is 0 Å². The van der Waals surface area contributed by atoms with Gasteiger partial charge in [-0.1, -0.05) is 72.8 Å². The van der Waals surface area contributed by atoms with Crippen molar-refractivity contribution in [3.05, 3.63) is 131 Å². The molecule has 8 nitrogen and oxygen atoms in total. The molecule has 0 aliphatic heterocycles. The topological polar surface area (TPSA) is 99.5 Å². The number of hydrazine groups is 1. The molecule has 4 rings (SSSR count). The summed E-state index contributed by atoms with van der Waals surface area (Å²) < 4.78 is 10.4. The summed E-state index contributed by atoms with van der Waals surface area (Å²) in [5.41, 5.74) is 3.36. The molecule has 0 atom stereocenters. The Morgan fingerprint density at radius 3 is 1.36 bits per heavy atom. The number of carbonyl (C=O) groups is 2. The molecule has 4 aromatic rings. The quantitative estimate of drug-likeness (QED) is 0.157. The number of carbonyl (C=O) groups excluding carboxylic acids is 2. The summed E-state index contributed by atoms with van der Waals surface area (Å²) in [4.78, 5) is 27.6. The summed E-state index contributed by atoms with van der Waals surface area (Å²) in [6, 6.07) is 29.1. The molecule has 226 valence electrons. The minimum Gasteiger partial charge on any atom is -0.504 e. The number of phenols is 2. The Kier molecular flexibility index (Phi) is 11.2. The molecule has 2 amide bonds. The first-order valence-corrected chi connectivity index (χ1v) is 14.2. The highest BCUT2D eigenvalue weighted by molar-refractivity contribution is 5.96. The molecular weight excluding hydrogens is 556 g/mol. The van der Waals surface area contributed by atoms with E-state index >= 15 is 0 Å². The van der Waals surface area contributed by atoms with Crippen LogP contribution in [0.4, 0.5) is 0 Å². The maximum atomic E-state index is 13.8. The number of nitrogens with zero attached hydrogens (tertiary/aromatic N) is 2. The summed E-state index contributed by atoms with van der Waals surface area (Å²) >= 11 is 0. The van der Waals surface area contributed by atoms with Crippen molar-refractivity contribution in [1.82, 2.24) is 10.0 Å². The lowest BCUT2D eigenvalue weighted by molar-refractivity contribution is -0.157. The molecule has 0 aliphatic carbocycles. The van der Waals surface area contributed by atoms with Crippen LogP contribution < -0.4 is 9.47 Å². The average Bonchev–Trinajstić information content (AvgIpc) is 3.06. The van der Waals surface area contributed by atoms with Crippen LogP contribution in [0.5, 0.6) is 23.0 Å². The first-order valence-electron chi connectivity index (χ1n) is 14.2. The lowest BCUT2D eigenvalue weighted by Crippen LogP contribution is -2.50. The van der Waals surface area contributed by atoms with Crippen LogP contribution >= 0.6 is 0 Å². The molecule has 0 bridgehead atoms. The predicted molar refractivity (Wildman–Crippen MR) is 171 cm³/mol. The summed E-state index contributed by atoms with van der Waals surface area (Å²) in [6.45, 7) is 0.515. The third-order valence-corrected chi connectivity index (χ3v) is 6.95. The second-order valence-electron chi connectivity index (χ2n) is 9.92. The van der Waals surface area contributed by atoms with E-state index in [0.29, 0.717) is 24.0 Å². The lowest BCUT2D eigenvalue weighted by atomic mass is 10.1. The number of hydrogen-bond acceptors (Lipinski definition) is 6. The Hall–Kier alpha value is -5.50. The number of methoxy groups -OCH3 is 2. The summed E-state index contributed by atoms with van der Waals surface area (Å²) in [5.74, 6) is -0.192. The van der Waals surface area contributed by atoms with Crippen molar-refractivity contribution in [1.29, 1.82) is 0 Å². The van der Waals surface area contributed by atoms with Crippen LogP contribution in [0, 0.1) is 0 Å². The predicted octanol–water partition coefficient (Wildman–Crippen LogP) is 5.90. The Bertz CT molecular complexity index is 1480. The zero-order valence-corrected chi connectivity index (χ0v) is 24.8. The molecule has 4 aromatic carbocycles. The fourth-order valence-corrected chi connectivity index (χ4v) is 4.56. The van der Waals surface area contributed by atoms with Gasteiger partial charge in [-0.3, -0.25) is 9.59 Å². The van der Waals surface area contributed by atoms with Gasteiger partial charge in [0.25, 0.3) is 11.8 Å². The van der Waals surface area contributed by atoms with Gasteiger partial charge in [0.1, 0.15) is 0 Å². The van der Waals surface area contributed by atoms with E-state index in [9.17, 15) is 19.8 Å². The fraction of sp³-hybridized carbons (Fsp3) is 0.167. The van der Waals surface area contributed by atoms with Crippen LogP contribution in [0.25, 0.3) is 12.2 Å². The summed E-state index contributed by atoms with van der Waals surface area (Å²) in [6.07, 6.45) is 7.13. The van der Waals surface area contributed by atoms with Gasteiger partial charge >= 0.3 is 0 Å². The van der Waals surface area contributed by atoms with Crippen LogP contribution in [0.1, 0.15) is 22.3 Å². The molecule has 0 saturated heterocycles. The number of aromatic hydroxyl groups is 2. The van der Waals surface area contributed by atoms with E-state index in [0.717, 1.165) is 11.1 Å². The van der Waals surface area contributed by atoms with Crippen molar-refractivity contribution in [2.75, 3.05) is 27.3 Å². The molecule has 8 heteroatoms. The number of ether oxygens (including phenoxy) is 2. The molecule has 0 aliphatic rings. The first kappa shape index (κ1) is 31.4. The highest BCUT2D eigenvalue weighted by atomic mass is 16.5. The number of benzene rings is 4. The zero-order chi connectivity index (χ0) is 31.3.